The number of hydrogen-bond acceptors (Lipinski definition) is 4. The lowest BCUT2D eigenvalue weighted by Gasteiger charge is -2.18. The Morgan fingerprint density at radius 2 is 2.00 bits per heavy atom. The van der Waals surface area contributed by atoms with Gasteiger partial charge in [-0.3, -0.25) is 14.9 Å². The van der Waals surface area contributed by atoms with Crippen LogP contribution in [0, 0.1) is 10.1 Å². The van der Waals surface area contributed by atoms with Crippen LogP contribution in [0.5, 0.6) is 5.75 Å². The second-order valence-electron chi connectivity index (χ2n) is 4.49. The molecule has 6 nitrogen and oxygen atoms in total. The second-order valence-corrected chi connectivity index (χ2v) is 4.49. The fourth-order valence-corrected chi connectivity index (χ4v) is 2.01. The Kier molecular flexibility index (Phi) is 5.90. The van der Waals surface area contributed by atoms with Gasteiger partial charge in [-0.2, -0.15) is 0 Å². The van der Waals surface area contributed by atoms with Crippen LogP contribution in [0.15, 0.2) is 23.8 Å². The number of benzene rings is 1. The van der Waals surface area contributed by atoms with Gasteiger partial charge in [-0.25, -0.2) is 0 Å². The normalized spacial score (nSPS) is 11.1. The largest absolute Gasteiger partial charge is 0.490 e. The van der Waals surface area contributed by atoms with Crippen LogP contribution < -0.4 is 4.74 Å². The van der Waals surface area contributed by atoms with Crippen molar-refractivity contribution >= 4 is 17.7 Å². The highest BCUT2D eigenvalue weighted by atomic mass is 16.6. The molecular formula is C15H20N2O4. The Labute approximate surface area is 124 Å². The van der Waals surface area contributed by atoms with E-state index in [2.05, 4.69) is 0 Å². The van der Waals surface area contributed by atoms with Crippen molar-refractivity contribution in [3.05, 3.63) is 39.4 Å². The highest BCUT2D eigenvalue weighted by Crippen LogP contribution is 2.28. The number of nitro benzene ring substituents is 1. The third kappa shape index (κ3) is 4.05. The van der Waals surface area contributed by atoms with E-state index >= 15 is 0 Å². The molecule has 1 rings (SSSR count). The predicted octanol–water partition coefficient (Wildman–Crippen LogP) is 2.88. The van der Waals surface area contributed by atoms with Gasteiger partial charge < -0.3 is 9.64 Å². The highest BCUT2D eigenvalue weighted by molar-refractivity contribution is 5.97. The second kappa shape index (κ2) is 7.42. The van der Waals surface area contributed by atoms with Gasteiger partial charge in [0.15, 0.2) is 5.75 Å². The molecule has 114 valence electrons. The van der Waals surface area contributed by atoms with E-state index in [4.69, 9.17) is 4.74 Å². The minimum atomic E-state index is -0.502. The van der Waals surface area contributed by atoms with Crippen molar-refractivity contribution in [3.8, 4) is 5.75 Å². The fraction of sp³-hybridized carbons (Fsp3) is 0.400. The first-order valence-corrected chi connectivity index (χ1v) is 6.74. The Bertz CT molecular complexity index is 563. The van der Waals surface area contributed by atoms with E-state index < -0.39 is 4.92 Å². The van der Waals surface area contributed by atoms with Gasteiger partial charge in [0, 0.05) is 24.7 Å². The molecule has 0 saturated heterocycles. The van der Waals surface area contributed by atoms with E-state index in [1.165, 1.54) is 19.2 Å². The molecule has 0 unspecified atom stereocenters. The van der Waals surface area contributed by atoms with Crippen LogP contribution in [-0.4, -0.2) is 35.9 Å². The Morgan fingerprint density at radius 1 is 1.38 bits per heavy atom. The average molecular weight is 292 g/mol. The summed E-state index contributed by atoms with van der Waals surface area (Å²) in [5.74, 6) is 0.128. The molecule has 0 saturated carbocycles. The molecular weight excluding hydrogens is 272 g/mol. The fourth-order valence-electron chi connectivity index (χ4n) is 2.01. The summed E-state index contributed by atoms with van der Waals surface area (Å²) in [6, 6.07) is 4.61. The van der Waals surface area contributed by atoms with Gasteiger partial charge in [0.05, 0.1) is 12.0 Å². The lowest BCUT2D eigenvalue weighted by atomic mass is 10.1. The van der Waals surface area contributed by atoms with E-state index in [1.54, 1.807) is 24.0 Å². The molecule has 1 amide bonds. The number of carbonyl (C=O) groups excluding carboxylic acids is 1. The van der Waals surface area contributed by atoms with Gasteiger partial charge in [0.25, 0.3) is 0 Å². The van der Waals surface area contributed by atoms with Gasteiger partial charge >= 0.3 is 5.69 Å². The molecule has 0 radical (unpaired) electrons. The van der Waals surface area contributed by atoms with Gasteiger partial charge in [0.2, 0.25) is 5.91 Å². The van der Waals surface area contributed by atoms with E-state index in [9.17, 15) is 14.9 Å². The molecule has 0 N–H and O–H groups in total. The van der Waals surface area contributed by atoms with E-state index in [-0.39, 0.29) is 17.3 Å². The lowest BCUT2D eigenvalue weighted by Crippen LogP contribution is -2.30. The van der Waals surface area contributed by atoms with Gasteiger partial charge in [-0.1, -0.05) is 6.07 Å². The number of carbonyl (C=O) groups is 1. The van der Waals surface area contributed by atoms with Gasteiger partial charge in [0.1, 0.15) is 0 Å². The maximum atomic E-state index is 12.2. The maximum absolute atomic E-state index is 12.2. The SMILES string of the molecule is CCN(CC)C(=O)C(C)=Cc1ccc(OC)c([N+](=O)[O-])c1. The van der Waals surface area contributed by atoms with Crippen molar-refractivity contribution in [2.45, 2.75) is 20.8 Å². The molecule has 0 heterocycles. The molecule has 1 aromatic rings. The summed E-state index contributed by atoms with van der Waals surface area (Å²) < 4.78 is 4.95. The quantitative estimate of drug-likeness (QED) is 0.459. The Hall–Kier alpha value is -2.37. The first kappa shape index (κ1) is 16.7. The van der Waals surface area contributed by atoms with Gasteiger partial charge in [-0.15, -0.1) is 0 Å². The monoisotopic (exact) mass is 292 g/mol. The molecule has 0 aliphatic heterocycles. The number of likely N-dealkylation sites (N-methyl/N-ethyl adjacent to an activating group) is 1. The zero-order valence-electron chi connectivity index (χ0n) is 12.8. The molecule has 0 bridgehead atoms. The molecule has 0 fully saturated rings. The third-order valence-electron chi connectivity index (χ3n) is 3.17. The van der Waals surface area contributed by atoms with Crippen LogP contribution in [0.4, 0.5) is 5.69 Å². The van der Waals surface area contributed by atoms with E-state index in [0.29, 0.717) is 24.2 Å². The van der Waals surface area contributed by atoms with Crippen molar-refractivity contribution in [2.24, 2.45) is 0 Å². The summed E-state index contributed by atoms with van der Waals surface area (Å²) in [5.41, 5.74) is 1.02. The summed E-state index contributed by atoms with van der Waals surface area (Å²) in [6.45, 7) is 6.78. The number of nitrogens with zero attached hydrogens (tertiary/aromatic N) is 2. The molecule has 21 heavy (non-hydrogen) atoms. The molecule has 0 aromatic heterocycles. The molecule has 0 aliphatic rings. The standard InChI is InChI=1S/C15H20N2O4/c1-5-16(6-2)15(18)11(3)9-12-7-8-14(21-4)13(10-12)17(19)20/h7-10H,5-6H2,1-4H3. The minimum Gasteiger partial charge on any atom is -0.490 e. The van der Waals surface area contributed by atoms with E-state index in [1.807, 2.05) is 13.8 Å². The number of hydrogen-bond donors (Lipinski definition) is 0. The third-order valence-corrected chi connectivity index (χ3v) is 3.17. The number of ether oxygens (including phenoxy) is 1. The van der Waals surface area contributed by atoms with Crippen LogP contribution in [0.2, 0.25) is 0 Å². The summed E-state index contributed by atoms with van der Waals surface area (Å²) in [4.78, 5) is 24.3. The molecule has 1 aromatic carbocycles. The average Bonchev–Trinajstić information content (AvgIpc) is 2.48. The zero-order chi connectivity index (χ0) is 16.0. The van der Waals surface area contributed by atoms with Crippen LogP contribution >= 0.6 is 0 Å². The zero-order valence-corrected chi connectivity index (χ0v) is 12.8. The maximum Gasteiger partial charge on any atom is 0.311 e. The van der Waals surface area contributed by atoms with Crippen molar-refractivity contribution in [3.63, 3.8) is 0 Å². The van der Waals surface area contributed by atoms with Crippen molar-refractivity contribution in [1.29, 1.82) is 0 Å². The highest BCUT2D eigenvalue weighted by Gasteiger charge is 2.16. The summed E-state index contributed by atoms with van der Waals surface area (Å²) >= 11 is 0. The Morgan fingerprint density at radius 3 is 2.48 bits per heavy atom. The van der Waals surface area contributed by atoms with Crippen molar-refractivity contribution < 1.29 is 14.5 Å². The van der Waals surface area contributed by atoms with Crippen LogP contribution in [-0.2, 0) is 4.79 Å². The molecule has 0 aliphatic carbocycles. The topological polar surface area (TPSA) is 72.7 Å². The summed E-state index contributed by atoms with van der Waals surface area (Å²) in [6.07, 6.45) is 1.65. The Balaban J connectivity index is 3.11. The van der Waals surface area contributed by atoms with Crippen molar-refractivity contribution in [2.75, 3.05) is 20.2 Å². The number of methoxy groups -OCH3 is 1. The van der Waals surface area contributed by atoms with Gasteiger partial charge in [-0.05, 0) is 38.5 Å². The lowest BCUT2D eigenvalue weighted by molar-refractivity contribution is -0.385. The predicted molar refractivity (Wildman–Crippen MR) is 81.2 cm³/mol. The summed E-state index contributed by atoms with van der Waals surface area (Å²) in [7, 11) is 1.38. The number of nitro groups is 1. The minimum absolute atomic E-state index is 0.0709. The van der Waals surface area contributed by atoms with E-state index in [0.717, 1.165) is 0 Å². The smallest absolute Gasteiger partial charge is 0.311 e. The number of rotatable bonds is 6. The van der Waals surface area contributed by atoms with Crippen LogP contribution in [0.1, 0.15) is 26.3 Å². The van der Waals surface area contributed by atoms with Crippen LogP contribution in [0.3, 0.4) is 0 Å². The van der Waals surface area contributed by atoms with Crippen molar-refractivity contribution in [1.82, 2.24) is 4.90 Å². The van der Waals surface area contributed by atoms with Crippen LogP contribution in [0.25, 0.3) is 6.08 Å². The first-order valence-electron chi connectivity index (χ1n) is 6.74. The molecule has 0 atom stereocenters. The summed E-state index contributed by atoms with van der Waals surface area (Å²) in [5, 5.41) is 11.0. The molecule has 6 heteroatoms. The first-order chi connectivity index (χ1) is 9.94. The number of amides is 1. The molecule has 0 spiro atoms.